The van der Waals surface area contributed by atoms with Crippen molar-refractivity contribution in [3.05, 3.63) is 88.3 Å². The molecule has 0 saturated carbocycles. The lowest BCUT2D eigenvalue weighted by Crippen LogP contribution is -2.22. The maximum absolute atomic E-state index is 13.3. The maximum Gasteiger partial charge on any atom is 0.359 e. The molecule has 0 aliphatic heterocycles. The predicted octanol–water partition coefficient (Wildman–Crippen LogP) is 4.41. The normalized spacial score (nSPS) is 12.4. The summed E-state index contributed by atoms with van der Waals surface area (Å²) in [6.45, 7) is 5.24. The molecular formula is C27H26FN5O3. The fraction of sp³-hybridized carbons (Fsp3) is 0.259. The minimum atomic E-state index is -0.659. The molecule has 5 rings (SSSR count). The summed E-state index contributed by atoms with van der Waals surface area (Å²) in [6, 6.07) is 13.9. The molecule has 0 spiro atoms. The molecule has 0 radical (unpaired) electrons. The molecule has 1 amide bonds. The number of ether oxygens (including phenoxy) is 1. The zero-order chi connectivity index (χ0) is 25.4. The van der Waals surface area contributed by atoms with Gasteiger partial charge in [-0.1, -0.05) is 17.7 Å². The van der Waals surface area contributed by atoms with Crippen LogP contribution in [0.2, 0.25) is 0 Å². The topological polar surface area (TPSA) is 91.0 Å². The van der Waals surface area contributed by atoms with Gasteiger partial charge in [-0.2, -0.15) is 10.2 Å². The van der Waals surface area contributed by atoms with E-state index in [4.69, 9.17) is 4.74 Å². The van der Waals surface area contributed by atoms with Gasteiger partial charge in [-0.15, -0.1) is 0 Å². The molecule has 0 bridgehead atoms. The Kier molecular flexibility index (Phi) is 6.13. The molecule has 184 valence electrons. The summed E-state index contributed by atoms with van der Waals surface area (Å²) in [6.07, 6.45) is 2.35. The van der Waals surface area contributed by atoms with E-state index in [1.165, 1.54) is 12.1 Å². The number of fused-ring (bicyclic) bond motifs is 1. The van der Waals surface area contributed by atoms with Crippen molar-refractivity contribution in [3.63, 3.8) is 0 Å². The van der Waals surface area contributed by atoms with Crippen molar-refractivity contribution in [2.75, 3.05) is 11.9 Å². The molecule has 1 N–H and O–H groups in total. The number of esters is 1. The summed E-state index contributed by atoms with van der Waals surface area (Å²) < 4.78 is 22.1. The van der Waals surface area contributed by atoms with Crippen molar-refractivity contribution < 1.29 is 18.7 Å². The summed E-state index contributed by atoms with van der Waals surface area (Å²) in [5.41, 5.74) is 6.63. The SMILES string of the molecule is Cc1ccc(-n2nc(C)c(NC(=O)COC(=O)c3nn(-c4ccc(F)cc4)c4c3CCC4)c2C)cc1. The first-order valence-corrected chi connectivity index (χ1v) is 11.8. The molecule has 1 aliphatic carbocycles. The number of rotatable bonds is 6. The van der Waals surface area contributed by atoms with Crippen LogP contribution < -0.4 is 5.32 Å². The second-order valence-corrected chi connectivity index (χ2v) is 8.93. The van der Waals surface area contributed by atoms with Gasteiger partial charge in [-0.3, -0.25) is 4.79 Å². The smallest absolute Gasteiger partial charge is 0.359 e. The highest BCUT2D eigenvalue weighted by Crippen LogP contribution is 2.28. The lowest BCUT2D eigenvalue weighted by molar-refractivity contribution is -0.119. The summed E-state index contributed by atoms with van der Waals surface area (Å²) in [7, 11) is 0. The molecule has 0 saturated heterocycles. The van der Waals surface area contributed by atoms with E-state index in [2.05, 4.69) is 15.5 Å². The van der Waals surface area contributed by atoms with Gasteiger partial charge in [-0.25, -0.2) is 18.5 Å². The lowest BCUT2D eigenvalue weighted by atomic mass is 10.2. The molecule has 4 aromatic rings. The van der Waals surface area contributed by atoms with Crippen LogP contribution in [-0.2, 0) is 22.4 Å². The number of nitrogens with one attached hydrogen (secondary N) is 1. The molecule has 0 unspecified atom stereocenters. The Morgan fingerprint density at radius 2 is 1.61 bits per heavy atom. The zero-order valence-corrected chi connectivity index (χ0v) is 20.3. The number of benzene rings is 2. The van der Waals surface area contributed by atoms with E-state index < -0.39 is 18.5 Å². The summed E-state index contributed by atoms with van der Waals surface area (Å²) in [5, 5.41) is 11.8. The van der Waals surface area contributed by atoms with Crippen molar-refractivity contribution in [1.29, 1.82) is 0 Å². The monoisotopic (exact) mass is 487 g/mol. The number of carbonyl (C=O) groups is 2. The van der Waals surface area contributed by atoms with E-state index in [0.29, 0.717) is 23.5 Å². The Morgan fingerprint density at radius 3 is 2.33 bits per heavy atom. The van der Waals surface area contributed by atoms with Gasteiger partial charge in [-0.05, 0) is 76.4 Å². The Hall–Kier alpha value is -4.27. The number of aromatic nitrogens is 4. The van der Waals surface area contributed by atoms with E-state index in [-0.39, 0.29) is 11.5 Å². The van der Waals surface area contributed by atoms with Crippen LogP contribution in [0.5, 0.6) is 0 Å². The second-order valence-electron chi connectivity index (χ2n) is 8.93. The number of anilines is 1. The minimum Gasteiger partial charge on any atom is -0.451 e. The summed E-state index contributed by atoms with van der Waals surface area (Å²) in [5.74, 6) is -1.47. The molecular weight excluding hydrogens is 461 g/mol. The Bertz CT molecular complexity index is 1450. The fourth-order valence-corrected chi connectivity index (χ4v) is 4.53. The maximum atomic E-state index is 13.3. The van der Waals surface area contributed by atoms with Gasteiger partial charge in [0.05, 0.1) is 28.5 Å². The third-order valence-electron chi connectivity index (χ3n) is 6.36. The Labute approximate surface area is 207 Å². The quantitative estimate of drug-likeness (QED) is 0.407. The molecule has 2 heterocycles. The Balaban J connectivity index is 1.28. The van der Waals surface area contributed by atoms with Crippen molar-refractivity contribution in [2.24, 2.45) is 0 Å². The van der Waals surface area contributed by atoms with Gasteiger partial charge < -0.3 is 10.1 Å². The number of hydrogen-bond donors (Lipinski definition) is 1. The molecule has 8 nitrogen and oxygen atoms in total. The first kappa shape index (κ1) is 23.5. The van der Waals surface area contributed by atoms with Crippen molar-refractivity contribution in [3.8, 4) is 11.4 Å². The number of amides is 1. The van der Waals surface area contributed by atoms with Gasteiger partial charge in [0.2, 0.25) is 0 Å². The standard InChI is InChI=1S/C27H26FN5O3/c1-16-7-11-20(12-8-16)32-18(3)25(17(2)30-32)29-24(34)15-36-27(35)26-22-5-4-6-23(22)33(31-26)21-13-9-19(28)10-14-21/h7-14H,4-6,15H2,1-3H3,(H,29,34). The first-order chi connectivity index (χ1) is 17.3. The average Bonchev–Trinajstić information content (AvgIpc) is 3.55. The third kappa shape index (κ3) is 4.39. The van der Waals surface area contributed by atoms with Crippen LogP contribution >= 0.6 is 0 Å². The van der Waals surface area contributed by atoms with Crippen LogP contribution in [-0.4, -0.2) is 38.0 Å². The van der Waals surface area contributed by atoms with Gasteiger partial charge in [0.15, 0.2) is 12.3 Å². The van der Waals surface area contributed by atoms with E-state index in [9.17, 15) is 14.0 Å². The number of hydrogen-bond acceptors (Lipinski definition) is 5. The highest BCUT2D eigenvalue weighted by molar-refractivity contribution is 5.96. The Morgan fingerprint density at radius 1 is 0.944 bits per heavy atom. The van der Waals surface area contributed by atoms with Crippen molar-refractivity contribution in [1.82, 2.24) is 19.6 Å². The third-order valence-corrected chi connectivity index (χ3v) is 6.36. The molecule has 1 aliphatic rings. The molecule has 2 aromatic heterocycles. The van der Waals surface area contributed by atoms with Crippen LogP contribution in [0, 0.1) is 26.6 Å². The van der Waals surface area contributed by atoms with Gasteiger partial charge >= 0.3 is 5.97 Å². The van der Waals surface area contributed by atoms with Crippen LogP contribution in [0.4, 0.5) is 10.1 Å². The van der Waals surface area contributed by atoms with Crippen LogP contribution in [0.25, 0.3) is 11.4 Å². The number of nitrogens with zero attached hydrogens (tertiary/aromatic N) is 4. The highest BCUT2D eigenvalue weighted by Gasteiger charge is 2.28. The van der Waals surface area contributed by atoms with Gasteiger partial charge in [0.1, 0.15) is 5.82 Å². The molecule has 0 atom stereocenters. The number of carbonyl (C=O) groups excluding carboxylic acids is 2. The van der Waals surface area contributed by atoms with Gasteiger partial charge in [0.25, 0.3) is 5.91 Å². The van der Waals surface area contributed by atoms with Crippen molar-refractivity contribution >= 4 is 17.6 Å². The van der Waals surface area contributed by atoms with Crippen molar-refractivity contribution in [2.45, 2.75) is 40.0 Å². The zero-order valence-electron chi connectivity index (χ0n) is 20.3. The van der Waals surface area contributed by atoms with E-state index in [1.807, 2.05) is 45.0 Å². The summed E-state index contributed by atoms with van der Waals surface area (Å²) >= 11 is 0. The van der Waals surface area contributed by atoms with E-state index in [1.54, 1.807) is 21.5 Å². The van der Waals surface area contributed by atoms with Crippen LogP contribution in [0.1, 0.15) is 45.1 Å². The van der Waals surface area contributed by atoms with Gasteiger partial charge in [0, 0.05) is 11.3 Å². The van der Waals surface area contributed by atoms with E-state index in [0.717, 1.165) is 41.0 Å². The number of aryl methyl sites for hydroxylation is 2. The lowest BCUT2D eigenvalue weighted by Gasteiger charge is -2.08. The second kappa shape index (κ2) is 9.41. The average molecular weight is 488 g/mol. The number of halogens is 1. The van der Waals surface area contributed by atoms with E-state index >= 15 is 0 Å². The molecule has 0 fully saturated rings. The molecule has 2 aromatic carbocycles. The molecule has 36 heavy (non-hydrogen) atoms. The highest BCUT2D eigenvalue weighted by atomic mass is 19.1. The van der Waals surface area contributed by atoms with Crippen LogP contribution in [0.15, 0.2) is 48.5 Å². The molecule has 9 heteroatoms. The summed E-state index contributed by atoms with van der Waals surface area (Å²) in [4.78, 5) is 25.5. The minimum absolute atomic E-state index is 0.194. The van der Waals surface area contributed by atoms with Crippen LogP contribution in [0.3, 0.4) is 0 Å². The predicted molar refractivity (Wildman–Crippen MR) is 132 cm³/mol. The fourth-order valence-electron chi connectivity index (χ4n) is 4.53. The first-order valence-electron chi connectivity index (χ1n) is 11.8. The largest absolute Gasteiger partial charge is 0.451 e.